The van der Waals surface area contributed by atoms with Crippen molar-refractivity contribution in [1.29, 1.82) is 0 Å². The standard InChI is InChI=1S/C12H17BrN4O/c1-15-12(18)10-4-2-3-5-17(10)11-9(13)6-8(14)7-16-11/h6-7,10H,2-5,14H2,1H3,(H,15,18). The summed E-state index contributed by atoms with van der Waals surface area (Å²) in [6.45, 7) is 0.841. The number of nitrogens with zero attached hydrogens (tertiary/aromatic N) is 2. The summed E-state index contributed by atoms with van der Waals surface area (Å²) < 4.78 is 0.832. The normalized spacial score (nSPS) is 19.7. The first kappa shape index (κ1) is 13.1. The second-order valence-electron chi connectivity index (χ2n) is 4.39. The number of halogens is 1. The van der Waals surface area contributed by atoms with Crippen LogP contribution in [0.4, 0.5) is 11.5 Å². The monoisotopic (exact) mass is 312 g/mol. The van der Waals surface area contributed by atoms with Crippen molar-refractivity contribution >= 4 is 33.3 Å². The van der Waals surface area contributed by atoms with Gasteiger partial charge in [-0.2, -0.15) is 0 Å². The van der Waals surface area contributed by atoms with Gasteiger partial charge in [0.1, 0.15) is 11.9 Å². The fraction of sp³-hybridized carbons (Fsp3) is 0.500. The van der Waals surface area contributed by atoms with E-state index >= 15 is 0 Å². The van der Waals surface area contributed by atoms with E-state index in [2.05, 4.69) is 26.2 Å². The number of hydrogen-bond acceptors (Lipinski definition) is 4. The molecule has 0 spiro atoms. The molecule has 1 amide bonds. The Hall–Kier alpha value is -1.30. The SMILES string of the molecule is CNC(=O)C1CCCCN1c1ncc(N)cc1Br. The molecule has 2 heterocycles. The van der Waals surface area contributed by atoms with Crippen molar-refractivity contribution in [2.75, 3.05) is 24.2 Å². The number of nitrogens with two attached hydrogens (primary N) is 1. The number of aromatic nitrogens is 1. The Labute approximate surface area is 115 Å². The molecule has 0 radical (unpaired) electrons. The lowest BCUT2D eigenvalue weighted by atomic mass is 10.0. The number of pyridine rings is 1. The van der Waals surface area contributed by atoms with Crippen molar-refractivity contribution in [3.63, 3.8) is 0 Å². The van der Waals surface area contributed by atoms with Gasteiger partial charge in [0.25, 0.3) is 0 Å². The third-order valence-electron chi connectivity index (χ3n) is 3.17. The Morgan fingerprint density at radius 1 is 1.61 bits per heavy atom. The summed E-state index contributed by atoms with van der Waals surface area (Å²) >= 11 is 3.47. The number of likely N-dealkylation sites (N-methyl/N-ethyl adjacent to an activating group) is 1. The van der Waals surface area contributed by atoms with Crippen LogP contribution in [-0.2, 0) is 4.79 Å². The maximum Gasteiger partial charge on any atom is 0.242 e. The molecule has 1 aromatic heterocycles. The van der Waals surface area contributed by atoms with Crippen LogP contribution in [0.3, 0.4) is 0 Å². The van der Waals surface area contributed by atoms with Gasteiger partial charge in [-0.25, -0.2) is 4.98 Å². The van der Waals surface area contributed by atoms with Gasteiger partial charge >= 0.3 is 0 Å². The van der Waals surface area contributed by atoms with Crippen LogP contribution < -0.4 is 16.0 Å². The van der Waals surface area contributed by atoms with E-state index in [0.29, 0.717) is 5.69 Å². The van der Waals surface area contributed by atoms with Crippen LogP contribution in [0, 0.1) is 0 Å². The number of nitrogen functional groups attached to an aromatic ring is 1. The van der Waals surface area contributed by atoms with Crippen LogP contribution in [0.25, 0.3) is 0 Å². The molecule has 1 aromatic rings. The van der Waals surface area contributed by atoms with Gasteiger partial charge in [0.2, 0.25) is 5.91 Å². The lowest BCUT2D eigenvalue weighted by Crippen LogP contribution is -2.49. The molecule has 6 heteroatoms. The summed E-state index contributed by atoms with van der Waals surface area (Å²) in [6.07, 6.45) is 4.63. The Kier molecular flexibility index (Phi) is 4.06. The first-order valence-corrected chi connectivity index (χ1v) is 6.82. The minimum atomic E-state index is -0.142. The van der Waals surface area contributed by atoms with Crippen molar-refractivity contribution in [3.8, 4) is 0 Å². The summed E-state index contributed by atoms with van der Waals surface area (Å²) in [5.41, 5.74) is 6.30. The van der Waals surface area contributed by atoms with Gasteiger partial charge in [0.15, 0.2) is 0 Å². The molecular weight excluding hydrogens is 296 g/mol. The molecule has 1 saturated heterocycles. The number of amides is 1. The van der Waals surface area contributed by atoms with E-state index in [9.17, 15) is 4.79 Å². The summed E-state index contributed by atoms with van der Waals surface area (Å²) in [7, 11) is 1.67. The minimum Gasteiger partial charge on any atom is -0.397 e. The van der Waals surface area contributed by atoms with Crippen LogP contribution in [-0.4, -0.2) is 30.5 Å². The van der Waals surface area contributed by atoms with Crippen molar-refractivity contribution < 1.29 is 4.79 Å². The summed E-state index contributed by atoms with van der Waals surface area (Å²) in [5, 5.41) is 2.72. The fourth-order valence-electron chi connectivity index (χ4n) is 2.28. The maximum absolute atomic E-state index is 11.9. The first-order chi connectivity index (χ1) is 8.63. The number of carbonyl (C=O) groups excluding carboxylic acids is 1. The van der Waals surface area contributed by atoms with Crippen LogP contribution in [0.1, 0.15) is 19.3 Å². The van der Waals surface area contributed by atoms with Crippen LogP contribution >= 0.6 is 15.9 Å². The smallest absolute Gasteiger partial charge is 0.242 e. The summed E-state index contributed by atoms with van der Waals surface area (Å²) in [5.74, 6) is 0.831. The Morgan fingerprint density at radius 3 is 3.06 bits per heavy atom. The molecule has 1 atom stereocenters. The van der Waals surface area contributed by atoms with E-state index in [1.807, 2.05) is 11.0 Å². The van der Waals surface area contributed by atoms with Crippen molar-refractivity contribution in [1.82, 2.24) is 10.3 Å². The van der Waals surface area contributed by atoms with E-state index in [4.69, 9.17) is 5.73 Å². The average Bonchev–Trinajstić information content (AvgIpc) is 2.38. The molecule has 1 unspecified atom stereocenters. The highest BCUT2D eigenvalue weighted by Crippen LogP contribution is 2.30. The molecule has 0 aromatic carbocycles. The molecule has 1 fully saturated rings. The fourth-order valence-corrected chi connectivity index (χ4v) is 2.88. The topological polar surface area (TPSA) is 71.2 Å². The van der Waals surface area contributed by atoms with Gasteiger partial charge in [-0.05, 0) is 41.3 Å². The molecule has 0 aliphatic carbocycles. The lowest BCUT2D eigenvalue weighted by Gasteiger charge is -2.35. The van der Waals surface area contributed by atoms with Crippen molar-refractivity contribution in [2.24, 2.45) is 0 Å². The zero-order chi connectivity index (χ0) is 13.1. The van der Waals surface area contributed by atoms with E-state index in [-0.39, 0.29) is 11.9 Å². The first-order valence-electron chi connectivity index (χ1n) is 6.02. The van der Waals surface area contributed by atoms with Crippen molar-refractivity contribution in [2.45, 2.75) is 25.3 Å². The second-order valence-corrected chi connectivity index (χ2v) is 5.25. The maximum atomic E-state index is 11.9. The van der Waals surface area contributed by atoms with Gasteiger partial charge in [-0.1, -0.05) is 0 Å². The van der Waals surface area contributed by atoms with E-state index < -0.39 is 0 Å². The Morgan fingerprint density at radius 2 is 2.39 bits per heavy atom. The molecular formula is C12H17BrN4O. The van der Waals surface area contributed by atoms with Gasteiger partial charge in [-0.15, -0.1) is 0 Å². The van der Waals surface area contributed by atoms with E-state index in [1.54, 1.807) is 13.2 Å². The number of rotatable bonds is 2. The minimum absolute atomic E-state index is 0.0419. The summed E-state index contributed by atoms with van der Waals surface area (Å²) in [4.78, 5) is 18.3. The van der Waals surface area contributed by atoms with Crippen LogP contribution in [0.5, 0.6) is 0 Å². The Bertz CT molecular complexity index is 452. The molecule has 98 valence electrons. The highest BCUT2D eigenvalue weighted by atomic mass is 79.9. The number of anilines is 2. The zero-order valence-corrected chi connectivity index (χ0v) is 11.9. The number of nitrogens with one attached hydrogen (secondary N) is 1. The molecule has 5 nitrogen and oxygen atoms in total. The predicted molar refractivity (Wildman–Crippen MR) is 75.4 cm³/mol. The highest BCUT2D eigenvalue weighted by Gasteiger charge is 2.29. The Balaban J connectivity index is 2.30. The molecule has 1 aliphatic rings. The lowest BCUT2D eigenvalue weighted by molar-refractivity contribution is -0.122. The molecule has 3 N–H and O–H groups in total. The largest absolute Gasteiger partial charge is 0.397 e. The molecule has 18 heavy (non-hydrogen) atoms. The summed E-state index contributed by atoms with van der Waals surface area (Å²) in [6, 6.07) is 1.67. The third-order valence-corrected chi connectivity index (χ3v) is 3.75. The van der Waals surface area contributed by atoms with Gasteiger partial charge in [0, 0.05) is 13.6 Å². The van der Waals surface area contributed by atoms with Crippen molar-refractivity contribution in [3.05, 3.63) is 16.7 Å². The second kappa shape index (κ2) is 5.56. The number of carbonyl (C=O) groups is 1. The van der Waals surface area contributed by atoms with Gasteiger partial charge in [-0.3, -0.25) is 4.79 Å². The zero-order valence-electron chi connectivity index (χ0n) is 10.3. The molecule has 2 rings (SSSR count). The molecule has 1 aliphatic heterocycles. The van der Waals surface area contributed by atoms with E-state index in [0.717, 1.165) is 36.1 Å². The van der Waals surface area contributed by atoms with Gasteiger partial charge in [0.05, 0.1) is 16.4 Å². The molecule has 0 bridgehead atoms. The average molecular weight is 313 g/mol. The quantitative estimate of drug-likeness (QED) is 0.869. The third kappa shape index (κ3) is 2.58. The number of piperidine rings is 1. The van der Waals surface area contributed by atoms with Crippen LogP contribution in [0.15, 0.2) is 16.7 Å². The van der Waals surface area contributed by atoms with E-state index in [1.165, 1.54) is 0 Å². The highest BCUT2D eigenvalue weighted by molar-refractivity contribution is 9.10. The van der Waals surface area contributed by atoms with Crippen LogP contribution in [0.2, 0.25) is 0 Å². The van der Waals surface area contributed by atoms with Gasteiger partial charge < -0.3 is 16.0 Å². The number of hydrogen-bond donors (Lipinski definition) is 2. The molecule has 0 saturated carbocycles. The predicted octanol–water partition coefficient (Wildman–Crippen LogP) is 1.53.